The molecule has 1 amide bonds. The van der Waals surface area contributed by atoms with Gasteiger partial charge in [-0.1, -0.05) is 65.7 Å². The smallest absolute Gasteiger partial charge is 0.256 e. The molecule has 5 rings (SSSR count). The highest BCUT2D eigenvalue weighted by Crippen LogP contribution is 2.30. The van der Waals surface area contributed by atoms with Crippen LogP contribution in [-0.2, 0) is 0 Å². The van der Waals surface area contributed by atoms with Gasteiger partial charge in [0, 0.05) is 16.0 Å². The lowest BCUT2D eigenvalue weighted by molar-refractivity contribution is 0.102. The topological polar surface area (TPSA) is 59.8 Å². The normalized spacial score (nSPS) is 11.1. The van der Waals surface area contributed by atoms with Crippen molar-refractivity contribution in [1.29, 1.82) is 0 Å². The van der Waals surface area contributed by atoms with E-state index >= 15 is 0 Å². The fourth-order valence-corrected chi connectivity index (χ4v) is 3.81. The standard InChI is InChI=1S/C23H14Cl2N4O/c24-18-11-5-8-15-16(18)9-4-10-17(15)23(30)26-20-13-22-21(12-19(20)25)27-29(28-22)14-6-2-1-3-7-14/h1-13H,(H,26,30). The van der Waals surface area contributed by atoms with Gasteiger partial charge < -0.3 is 5.32 Å². The van der Waals surface area contributed by atoms with Crippen LogP contribution in [0.5, 0.6) is 0 Å². The number of anilines is 1. The van der Waals surface area contributed by atoms with E-state index < -0.39 is 0 Å². The second-order valence-corrected chi connectivity index (χ2v) is 7.55. The third kappa shape index (κ3) is 3.28. The summed E-state index contributed by atoms with van der Waals surface area (Å²) in [6, 6.07) is 23.9. The molecule has 7 heteroatoms. The Morgan fingerprint density at radius 1 is 0.767 bits per heavy atom. The Kier molecular flexibility index (Phi) is 4.62. The molecular weight excluding hydrogens is 419 g/mol. The van der Waals surface area contributed by atoms with E-state index in [9.17, 15) is 4.79 Å². The number of carbonyl (C=O) groups excluding carboxylic acids is 1. The van der Waals surface area contributed by atoms with Gasteiger partial charge in [0.1, 0.15) is 11.0 Å². The highest BCUT2D eigenvalue weighted by atomic mass is 35.5. The van der Waals surface area contributed by atoms with Crippen LogP contribution >= 0.6 is 23.2 Å². The number of hydrogen-bond donors (Lipinski definition) is 1. The van der Waals surface area contributed by atoms with Crippen molar-refractivity contribution in [3.63, 3.8) is 0 Å². The number of hydrogen-bond acceptors (Lipinski definition) is 3. The maximum Gasteiger partial charge on any atom is 0.256 e. The highest BCUT2D eigenvalue weighted by molar-refractivity contribution is 6.36. The van der Waals surface area contributed by atoms with Crippen LogP contribution < -0.4 is 5.32 Å². The molecular formula is C23H14Cl2N4O. The van der Waals surface area contributed by atoms with Gasteiger partial charge in [-0.25, -0.2) is 0 Å². The first-order valence-corrected chi connectivity index (χ1v) is 9.96. The van der Waals surface area contributed by atoms with Crippen molar-refractivity contribution in [2.75, 3.05) is 5.32 Å². The van der Waals surface area contributed by atoms with Crippen molar-refractivity contribution in [3.05, 3.63) is 94.5 Å². The number of nitrogens with zero attached hydrogens (tertiary/aromatic N) is 3. The molecule has 0 fully saturated rings. The Hall–Kier alpha value is -3.41. The Labute approximate surface area is 181 Å². The largest absolute Gasteiger partial charge is 0.321 e. The first-order chi connectivity index (χ1) is 14.6. The average molecular weight is 433 g/mol. The van der Waals surface area contributed by atoms with E-state index in [0.717, 1.165) is 16.5 Å². The summed E-state index contributed by atoms with van der Waals surface area (Å²) in [5.41, 5.74) is 3.08. The van der Waals surface area contributed by atoms with Crippen molar-refractivity contribution in [1.82, 2.24) is 15.0 Å². The lowest BCUT2D eigenvalue weighted by Crippen LogP contribution is -2.12. The van der Waals surface area contributed by atoms with Crippen LogP contribution in [0.2, 0.25) is 10.0 Å². The quantitative estimate of drug-likeness (QED) is 0.372. The molecule has 5 nitrogen and oxygen atoms in total. The van der Waals surface area contributed by atoms with E-state index in [4.69, 9.17) is 23.2 Å². The number of halogens is 2. The van der Waals surface area contributed by atoms with Crippen molar-refractivity contribution in [2.45, 2.75) is 0 Å². The maximum absolute atomic E-state index is 13.0. The second-order valence-electron chi connectivity index (χ2n) is 6.74. The van der Waals surface area contributed by atoms with Crippen LogP contribution in [0.1, 0.15) is 10.4 Å². The van der Waals surface area contributed by atoms with Gasteiger partial charge in [-0.05, 0) is 41.8 Å². The number of amides is 1. The Morgan fingerprint density at radius 3 is 2.27 bits per heavy atom. The molecule has 4 aromatic carbocycles. The number of rotatable bonds is 3. The minimum absolute atomic E-state index is 0.278. The molecule has 0 aliphatic rings. The zero-order valence-electron chi connectivity index (χ0n) is 15.5. The zero-order valence-corrected chi connectivity index (χ0v) is 17.0. The van der Waals surface area contributed by atoms with Crippen molar-refractivity contribution >= 4 is 56.6 Å². The van der Waals surface area contributed by atoms with Crippen molar-refractivity contribution in [2.24, 2.45) is 0 Å². The summed E-state index contributed by atoms with van der Waals surface area (Å²) in [6.45, 7) is 0. The van der Waals surface area contributed by atoms with E-state index in [2.05, 4.69) is 15.5 Å². The molecule has 0 aliphatic carbocycles. The molecule has 1 N–H and O–H groups in total. The van der Waals surface area contributed by atoms with E-state index in [1.165, 1.54) is 0 Å². The summed E-state index contributed by atoms with van der Waals surface area (Å²) in [6.07, 6.45) is 0. The van der Waals surface area contributed by atoms with Crippen LogP contribution in [0.4, 0.5) is 5.69 Å². The predicted octanol–water partition coefficient (Wildman–Crippen LogP) is 6.13. The molecule has 0 aliphatic heterocycles. The first kappa shape index (κ1) is 18.6. The molecule has 0 spiro atoms. The summed E-state index contributed by atoms with van der Waals surface area (Å²) in [4.78, 5) is 14.5. The maximum atomic E-state index is 13.0. The van der Waals surface area contributed by atoms with E-state index in [-0.39, 0.29) is 5.91 Å². The van der Waals surface area contributed by atoms with Crippen LogP contribution in [-0.4, -0.2) is 20.9 Å². The van der Waals surface area contributed by atoms with Crippen LogP contribution in [0.25, 0.3) is 27.5 Å². The lowest BCUT2D eigenvalue weighted by Gasteiger charge is -2.10. The van der Waals surface area contributed by atoms with Gasteiger partial charge in [-0.15, -0.1) is 10.2 Å². The Balaban J connectivity index is 1.52. The predicted molar refractivity (Wildman–Crippen MR) is 121 cm³/mol. The van der Waals surface area contributed by atoms with Gasteiger partial charge in [-0.3, -0.25) is 4.79 Å². The summed E-state index contributed by atoms with van der Waals surface area (Å²) in [5, 5.41) is 14.4. The fraction of sp³-hybridized carbons (Fsp3) is 0. The molecule has 1 aromatic heterocycles. The molecule has 0 radical (unpaired) electrons. The second kappa shape index (κ2) is 7.44. The molecule has 0 atom stereocenters. The molecule has 146 valence electrons. The van der Waals surface area contributed by atoms with E-state index in [1.807, 2.05) is 48.5 Å². The van der Waals surface area contributed by atoms with Gasteiger partial charge in [0.15, 0.2) is 0 Å². The minimum atomic E-state index is -0.278. The highest BCUT2D eigenvalue weighted by Gasteiger charge is 2.15. The number of fused-ring (bicyclic) bond motifs is 2. The number of benzene rings is 4. The Morgan fingerprint density at radius 2 is 1.47 bits per heavy atom. The fourth-order valence-electron chi connectivity index (χ4n) is 3.37. The molecule has 0 saturated carbocycles. The number of para-hydroxylation sites is 1. The van der Waals surface area contributed by atoms with Gasteiger partial charge in [0.05, 0.1) is 16.4 Å². The molecule has 1 heterocycles. The van der Waals surface area contributed by atoms with Crippen molar-refractivity contribution < 1.29 is 4.79 Å². The summed E-state index contributed by atoms with van der Waals surface area (Å²) < 4.78 is 0. The average Bonchev–Trinajstić information content (AvgIpc) is 3.17. The van der Waals surface area contributed by atoms with Crippen LogP contribution in [0.15, 0.2) is 78.9 Å². The molecule has 0 unspecified atom stereocenters. The molecule has 30 heavy (non-hydrogen) atoms. The monoisotopic (exact) mass is 432 g/mol. The summed E-state index contributed by atoms with van der Waals surface area (Å²) >= 11 is 12.7. The summed E-state index contributed by atoms with van der Waals surface area (Å²) in [7, 11) is 0. The minimum Gasteiger partial charge on any atom is -0.321 e. The Bertz CT molecular complexity index is 1410. The third-order valence-electron chi connectivity index (χ3n) is 4.82. The number of aromatic nitrogens is 3. The van der Waals surface area contributed by atoms with Gasteiger partial charge in [0.2, 0.25) is 0 Å². The van der Waals surface area contributed by atoms with Gasteiger partial charge in [0.25, 0.3) is 5.91 Å². The first-order valence-electron chi connectivity index (χ1n) is 9.21. The molecule has 0 bridgehead atoms. The van der Waals surface area contributed by atoms with E-state index in [0.29, 0.717) is 32.3 Å². The summed E-state index contributed by atoms with van der Waals surface area (Å²) in [5.74, 6) is -0.278. The third-order valence-corrected chi connectivity index (χ3v) is 5.46. The van der Waals surface area contributed by atoms with Gasteiger partial charge in [-0.2, -0.15) is 4.80 Å². The van der Waals surface area contributed by atoms with Gasteiger partial charge >= 0.3 is 0 Å². The zero-order chi connectivity index (χ0) is 20.7. The lowest BCUT2D eigenvalue weighted by atomic mass is 10.0. The van der Waals surface area contributed by atoms with Crippen LogP contribution in [0, 0.1) is 0 Å². The van der Waals surface area contributed by atoms with E-state index in [1.54, 1.807) is 35.1 Å². The molecule has 5 aromatic rings. The number of carbonyl (C=O) groups is 1. The SMILES string of the molecule is O=C(Nc1cc2nn(-c3ccccc3)nc2cc1Cl)c1cccc2c(Cl)cccc12. The molecule has 0 saturated heterocycles. The number of nitrogens with one attached hydrogen (secondary N) is 1. The van der Waals surface area contributed by atoms with Crippen molar-refractivity contribution in [3.8, 4) is 5.69 Å². The van der Waals surface area contributed by atoms with Crippen LogP contribution in [0.3, 0.4) is 0 Å².